The number of sulfonamides is 1. The third kappa shape index (κ3) is 5.02. The lowest BCUT2D eigenvalue weighted by Crippen LogP contribution is -2.53. The number of piperidine rings is 1. The second kappa shape index (κ2) is 9.43. The van der Waals surface area contributed by atoms with Crippen molar-refractivity contribution in [1.29, 1.82) is 0 Å². The first kappa shape index (κ1) is 21.2. The number of carbonyl (C=O) groups is 1. The molecule has 1 aromatic heterocycles. The number of hydrogen-bond acceptors (Lipinski definition) is 6. The molecule has 3 fully saturated rings. The highest BCUT2D eigenvalue weighted by atomic mass is 32.2. The van der Waals surface area contributed by atoms with Crippen LogP contribution in [0.5, 0.6) is 0 Å². The topological polar surface area (TPSA) is 64.2 Å². The van der Waals surface area contributed by atoms with Gasteiger partial charge in [0, 0.05) is 52.4 Å². The van der Waals surface area contributed by atoms with E-state index in [1.165, 1.54) is 41.6 Å². The lowest BCUT2D eigenvalue weighted by molar-refractivity contribution is -0.138. The number of amides is 1. The quantitative estimate of drug-likeness (QED) is 0.669. The van der Waals surface area contributed by atoms with Crippen molar-refractivity contribution in [2.24, 2.45) is 5.92 Å². The van der Waals surface area contributed by atoms with E-state index in [2.05, 4.69) is 9.80 Å². The molecule has 7 nitrogen and oxygen atoms in total. The predicted octanol–water partition coefficient (Wildman–Crippen LogP) is 1.39. The van der Waals surface area contributed by atoms with Crippen molar-refractivity contribution in [2.75, 3.05) is 65.4 Å². The molecule has 0 N–H and O–H groups in total. The summed E-state index contributed by atoms with van der Waals surface area (Å²) < 4.78 is 27.5. The Bertz CT molecular complexity index is 770. The zero-order valence-corrected chi connectivity index (χ0v) is 18.7. The van der Waals surface area contributed by atoms with Crippen LogP contribution in [-0.2, 0) is 14.8 Å². The minimum Gasteiger partial charge on any atom is -0.340 e. The van der Waals surface area contributed by atoms with Gasteiger partial charge in [0.05, 0.1) is 5.92 Å². The minimum atomic E-state index is -3.47. The van der Waals surface area contributed by atoms with Gasteiger partial charge in [0.1, 0.15) is 4.21 Å². The van der Waals surface area contributed by atoms with Crippen molar-refractivity contribution in [3.8, 4) is 0 Å². The Balaban J connectivity index is 1.27. The van der Waals surface area contributed by atoms with E-state index in [-0.39, 0.29) is 11.8 Å². The second-order valence-corrected chi connectivity index (χ2v) is 11.5. The lowest BCUT2D eigenvalue weighted by Gasteiger charge is -2.39. The standard InChI is InChI=1S/C20H32N4O3S2/c25-20(23-14-12-22(13-15-23)11-10-21-7-1-2-8-21)18-5-3-9-24(17-18)29(26,27)19-6-4-16-28-19/h4,6,16,18H,1-3,5,7-15,17H2. The first-order valence-corrected chi connectivity index (χ1v) is 13.1. The van der Waals surface area contributed by atoms with E-state index in [1.54, 1.807) is 17.5 Å². The van der Waals surface area contributed by atoms with Gasteiger partial charge in [-0.2, -0.15) is 4.31 Å². The van der Waals surface area contributed by atoms with Crippen LogP contribution in [0.15, 0.2) is 21.7 Å². The van der Waals surface area contributed by atoms with Gasteiger partial charge in [-0.25, -0.2) is 8.42 Å². The smallest absolute Gasteiger partial charge is 0.252 e. The maximum absolute atomic E-state index is 13.1. The molecule has 3 saturated heterocycles. The molecule has 4 rings (SSSR count). The molecule has 0 aromatic carbocycles. The largest absolute Gasteiger partial charge is 0.340 e. The Morgan fingerprint density at radius 3 is 2.31 bits per heavy atom. The summed E-state index contributed by atoms with van der Waals surface area (Å²) in [5, 5.41) is 1.78. The molecule has 3 aliphatic heterocycles. The van der Waals surface area contributed by atoms with Gasteiger partial charge in [-0.3, -0.25) is 9.69 Å². The molecule has 1 atom stereocenters. The number of carbonyl (C=O) groups excluding carboxylic acids is 1. The summed E-state index contributed by atoms with van der Waals surface area (Å²) in [5.41, 5.74) is 0. The van der Waals surface area contributed by atoms with Gasteiger partial charge in [-0.15, -0.1) is 11.3 Å². The first-order valence-electron chi connectivity index (χ1n) is 10.8. The summed E-state index contributed by atoms with van der Waals surface area (Å²) in [7, 11) is -3.47. The number of likely N-dealkylation sites (tertiary alicyclic amines) is 1. The van der Waals surface area contributed by atoms with Crippen LogP contribution in [0.1, 0.15) is 25.7 Å². The second-order valence-electron chi connectivity index (χ2n) is 8.35. The van der Waals surface area contributed by atoms with Crippen LogP contribution in [-0.4, -0.2) is 98.8 Å². The minimum absolute atomic E-state index is 0.135. The SMILES string of the molecule is O=C(C1CCCN(S(=O)(=O)c2cccs2)C1)N1CCN(CCN2CCCC2)CC1. The van der Waals surface area contributed by atoms with E-state index < -0.39 is 10.0 Å². The Morgan fingerprint density at radius 1 is 0.966 bits per heavy atom. The van der Waals surface area contributed by atoms with E-state index >= 15 is 0 Å². The Labute approximate surface area is 178 Å². The Hall–Kier alpha value is -1.00. The molecule has 3 aliphatic rings. The van der Waals surface area contributed by atoms with Crippen LogP contribution in [0.25, 0.3) is 0 Å². The summed E-state index contributed by atoms with van der Waals surface area (Å²) in [4.78, 5) is 20.0. The maximum Gasteiger partial charge on any atom is 0.252 e. The number of piperazine rings is 1. The third-order valence-corrected chi connectivity index (χ3v) is 9.68. The molecule has 0 saturated carbocycles. The Morgan fingerprint density at radius 2 is 1.66 bits per heavy atom. The van der Waals surface area contributed by atoms with Gasteiger partial charge in [0.15, 0.2) is 0 Å². The van der Waals surface area contributed by atoms with E-state index in [0.717, 1.165) is 52.1 Å². The fourth-order valence-corrected chi connectivity index (χ4v) is 7.31. The van der Waals surface area contributed by atoms with Crippen LogP contribution >= 0.6 is 11.3 Å². The molecular weight excluding hydrogens is 408 g/mol. The average Bonchev–Trinajstić information content (AvgIpc) is 3.46. The van der Waals surface area contributed by atoms with Gasteiger partial charge < -0.3 is 9.80 Å². The molecule has 1 amide bonds. The Kier molecular flexibility index (Phi) is 6.91. The summed E-state index contributed by atoms with van der Waals surface area (Å²) in [6.07, 6.45) is 4.17. The zero-order chi connectivity index (χ0) is 20.3. The molecule has 29 heavy (non-hydrogen) atoms. The average molecular weight is 441 g/mol. The highest BCUT2D eigenvalue weighted by Crippen LogP contribution is 2.27. The van der Waals surface area contributed by atoms with Crippen molar-refractivity contribution < 1.29 is 13.2 Å². The van der Waals surface area contributed by atoms with Gasteiger partial charge in [-0.1, -0.05) is 6.07 Å². The zero-order valence-electron chi connectivity index (χ0n) is 17.0. The highest BCUT2D eigenvalue weighted by Gasteiger charge is 2.36. The molecule has 162 valence electrons. The number of rotatable bonds is 6. The molecule has 0 radical (unpaired) electrons. The fourth-order valence-electron chi connectivity index (χ4n) is 4.64. The predicted molar refractivity (Wildman–Crippen MR) is 114 cm³/mol. The molecule has 0 aliphatic carbocycles. The number of hydrogen-bond donors (Lipinski definition) is 0. The van der Waals surface area contributed by atoms with Gasteiger partial charge in [0.25, 0.3) is 10.0 Å². The van der Waals surface area contributed by atoms with Crippen molar-refractivity contribution in [3.05, 3.63) is 17.5 Å². The molecule has 0 bridgehead atoms. The number of nitrogens with zero attached hydrogens (tertiary/aromatic N) is 4. The van der Waals surface area contributed by atoms with Crippen molar-refractivity contribution in [2.45, 2.75) is 29.9 Å². The monoisotopic (exact) mass is 440 g/mol. The van der Waals surface area contributed by atoms with Gasteiger partial charge in [-0.05, 0) is 50.2 Å². The van der Waals surface area contributed by atoms with E-state index in [9.17, 15) is 13.2 Å². The van der Waals surface area contributed by atoms with Gasteiger partial charge >= 0.3 is 0 Å². The number of thiophene rings is 1. The van der Waals surface area contributed by atoms with E-state index in [0.29, 0.717) is 17.3 Å². The normalized spacial score (nSPS) is 25.5. The maximum atomic E-state index is 13.1. The van der Waals surface area contributed by atoms with Crippen LogP contribution < -0.4 is 0 Å². The molecule has 1 aromatic rings. The molecule has 1 unspecified atom stereocenters. The summed E-state index contributed by atoms with van der Waals surface area (Å²) >= 11 is 1.24. The fraction of sp³-hybridized carbons (Fsp3) is 0.750. The summed E-state index contributed by atoms with van der Waals surface area (Å²) in [5.74, 6) is -0.0788. The van der Waals surface area contributed by atoms with Crippen molar-refractivity contribution in [3.63, 3.8) is 0 Å². The third-order valence-electron chi connectivity index (χ3n) is 6.44. The molecule has 4 heterocycles. The lowest BCUT2D eigenvalue weighted by atomic mass is 9.98. The first-order chi connectivity index (χ1) is 14.0. The van der Waals surface area contributed by atoms with E-state index in [4.69, 9.17) is 0 Å². The summed E-state index contributed by atoms with van der Waals surface area (Å²) in [6.45, 7) is 8.84. The molecular formula is C20H32N4O3S2. The van der Waals surface area contributed by atoms with Crippen LogP contribution in [0.2, 0.25) is 0 Å². The van der Waals surface area contributed by atoms with Gasteiger partial charge in [0.2, 0.25) is 5.91 Å². The highest BCUT2D eigenvalue weighted by molar-refractivity contribution is 7.91. The van der Waals surface area contributed by atoms with Crippen LogP contribution in [0.3, 0.4) is 0 Å². The van der Waals surface area contributed by atoms with Crippen LogP contribution in [0.4, 0.5) is 0 Å². The molecule has 0 spiro atoms. The molecule has 9 heteroatoms. The van der Waals surface area contributed by atoms with Crippen LogP contribution in [0, 0.1) is 5.92 Å². The summed E-state index contributed by atoms with van der Waals surface area (Å²) in [6, 6.07) is 3.40. The van der Waals surface area contributed by atoms with Crippen molar-refractivity contribution >= 4 is 27.3 Å². The van der Waals surface area contributed by atoms with Crippen molar-refractivity contribution in [1.82, 2.24) is 19.0 Å². The van der Waals surface area contributed by atoms with E-state index in [1.807, 2.05) is 4.90 Å².